The van der Waals surface area contributed by atoms with Crippen LogP contribution < -0.4 is 0 Å². The Morgan fingerprint density at radius 1 is 1.14 bits per heavy atom. The van der Waals surface area contributed by atoms with Gasteiger partial charge in [0.15, 0.2) is 0 Å². The summed E-state index contributed by atoms with van der Waals surface area (Å²) in [6.45, 7) is 2.11. The molecule has 1 saturated carbocycles. The van der Waals surface area contributed by atoms with Gasteiger partial charge < -0.3 is 14.8 Å². The molecule has 0 spiro atoms. The van der Waals surface area contributed by atoms with Crippen molar-refractivity contribution in [1.82, 2.24) is 9.88 Å². The Morgan fingerprint density at radius 3 is 2.67 bits per heavy atom. The first-order valence-corrected chi connectivity index (χ1v) is 15.8. The van der Waals surface area contributed by atoms with Gasteiger partial charge in [0.25, 0.3) is 0 Å². The molecule has 2 amide bonds. The Balaban J connectivity index is 1.30. The molecule has 42 heavy (non-hydrogen) atoms. The van der Waals surface area contributed by atoms with Gasteiger partial charge in [-0.1, -0.05) is 49.4 Å². The molecule has 3 heterocycles. The SMILES string of the molecule is CCC1=C2[C@@H](CC/C(=C/c3ccc(O)cc3Cl)c3ccccn3)OB(O)C[C@@H]2[C@@H]2C(=O)N(C3CCCCC3)C(=O)[C@@H]2C1. The van der Waals surface area contributed by atoms with E-state index in [0.29, 0.717) is 30.6 Å². The second kappa shape index (κ2) is 12.4. The zero-order valence-corrected chi connectivity index (χ0v) is 24.8. The summed E-state index contributed by atoms with van der Waals surface area (Å²) in [7, 11) is -0.999. The lowest BCUT2D eigenvalue weighted by atomic mass is 9.58. The number of amides is 2. The van der Waals surface area contributed by atoms with Crippen LogP contribution in [0.2, 0.25) is 11.3 Å². The van der Waals surface area contributed by atoms with E-state index in [9.17, 15) is 19.7 Å². The highest BCUT2D eigenvalue weighted by Crippen LogP contribution is 2.52. The van der Waals surface area contributed by atoms with E-state index in [-0.39, 0.29) is 41.5 Å². The number of hydrogen-bond donors (Lipinski definition) is 2. The number of aromatic nitrogens is 1. The van der Waals surface area contributed by atoms with Crippen molar-refractivity contribution in [2.24, 2.45) is 17.8 Å². The zero-order valence-electron chi connectivity index (χ0n) is 24.0. The molecule has 0 unspecified atom stereocenters. The number of nitrogens with zero attached hydrogens (tertiary/aromatic N) is 2. The van der Waals surface area contributed by atoms with E-state index in [1.165, 1.54) is 11.6 Å². The van der Waals surface area contributed by atoms with Gasteiger partial charge in [0.2, 0.25) is 11.8 Å². The second-order valence-electron chi connectivity index (χ2n) is 12.1. The molecule has 1 aromatic carbocycles. The minimum atomic E-state index is -0.999. The van der Waals surface area contributed by atoms with Gasteiger partial charge in [-0.15, -0.1) is 0 Å². The van der Waals surface area contributed by atoms with Crippen LogP contribution in [0.15, 0.2) is 53.7 Å². The fourth-order valence-corrected chi connectivity index (χ4v) is 7.99. The number of halogens is 1. The summed E-state index contributed by atoms with van der Waals surface area (Å²) in [4.78, 5) is 33.8. The predicted octanol–water partition coefficient (Wildman–Crippen LogP) is 6.30. The fraction of sp³-hybridized carbons (Fsp3) is 0.485. The number of carbonyl (C=O) groups is 2. The van der Waals surface area contributed by atoms with Gasteiger partial charge in [-0.05, 0) is 104 Å². The van der Waals surface area contributed by atoms with Crippen molar-refractivity contribution in [3.63, 3.8) is 0 Å². The monoisotopic (exact) mass is 588 g/mol. The van der Waals surface area contributed by atoms with E-state index in [0.717, 1.165) is 60.9 Å². The summed E-state index contributed by atoms with van der Waals surface area (Å²) in [6.07, 6.45) is 11.3. The number of allylic oxidation sites excluding steroid dienone is 2. The maximum absolute atomic E-state index is 13.9. The van der Waals surface area contributed by atoms with Crippen LogP contribution in [0.25, 0.3) is 11.6 Å². The number of benzene rings is 1. The predicted molar refractivity (Wildman–Crippen MR) is 163 cm³/mol. The van der Waals surface area contributed by atoms with Crippen LogP contribution >= 0.6 is 11.6 Å². The third kappa shape index (κ3) is 5.57. The lowest BCUT2D eigenvalue weighted by molar-refractivity contribution is -0.143. The van der Waals surface area contributed by atoms with E-state index < -0.39 is 13.0 Å². The lowest BCUT2D eigenvalue weighted by Crippen LogP contribution is -2.46. The molecule has 4 atom stereocenters. The Hall–Kier alpha value is -2.94. The van der Waals surface area contributed by atoms with Crippen LogP contribution in [0.3, 0.4) is 0 Å². The Bertz CT molecular complexity index is 1410. The maximum Gasteiger partial charge on any atom is 0.455 e. The van der Waals surface area contributed by atoms with E-state index in [2.05, 4.69) is 11.9 Å². The Kier molecular flexibility index (Phi) is 8.57. The number of hydrogen-bond acceptors (Lipinski definition) is 6. The van der Waals surface area contributed by atoms with E-state index >= 15 is 0 Å². The highest BCUT2D eigenvalue weighted by molar-refractivity contribution is 6.43. The summed E-state index contributed by atoms with van der Waals surface area (Å²) in [5.74, 6) is -0.916. The third-order valence-electron chi connectivity index (χ3n) is 9.69. The number of pyridine rings is 1. The Morgan fingerprint density at radius 2 is 1.95 bits per heavy atom. The number of rotatable bonds is 7. The molecule has 2 aromatic rings. The number of likely N-dealkylation sites (tertiary alicyclic amines) is 1. The molecular formula is C33H38BClN2O5. The molecule has 3 fully saturated rings. The number of fused-ring (bicyclic) bond motifs is 3. The van der Waals surface area contributed by atoms with Crippen molar-refractivity contribution < 1.29 is 24.4 Å². The molecule has 1 aromatic heterocycles. The summed E-state index contributed by atoms with van der Waals surface area (Å²) in [5, 5.41) is 21.2. The standard InChI is InChI=1S/C33H38BClN2O5/c1-2-20-17-25-31(33(40)37(32(25)39)23-8-4-3-5-9-23)26-19-34(41)42-29(30(20)26)14-12-22(28-10-6-7-15-36-28)16-21-11-13-24(38)18-27(21)35/h6-7,10-11,13,15-16,18,23,25-26,29,31,38,41H,2-5,8-9,12,14,17,19H2,1H3/b22-16-/t25-,26+,29-,31-/m1/s1. The van der Waals surface area contributed by atoms with Gasteiger partial charge >= 0.3 is 7.12 Å². The summed E-state index contributed by atoms with van der Waals surface area (Å²) in [6, 6.07) is 10.7. The number of imide groups is 1. The number of aromatic hydroxyl groups is 1. The first-order chi connectivity index (χ1) is 20.4. The van der Waals surface area contributed by atoms with Crippen molar-refractivity contribution in [2.45, 2.75) is 83.2 Å². The lowest BCUT2D eigenvalue weighted by Gasteiger charge is -2.43. The maximum atomic E-state index is 13.9. The molecule has 2 N–H and O–H groups in total. The molecule has 0 radical (unpaired) electrons. The normalized spacial score (nSPS) is 27.0. The smallest absolute Gasteiger partial charge is 0.455 e. The largest absolute Gasteiger partial charge is 0.508 e. The molecule has 6 rings (SSSR count). The molecule has 2 saturated heterocycles. The molecule has 2 aliphatic carbocycles. The van der Waals surface area contributed by atoms with E-state index in [4.69, 9.17) is 16.3 Å². The molecule has 9 heteroatoms. The number of carbonyl (C=O) groups excluding carboxylic acids is 2. The average Bonchev–Trinajstić information content (AvgIpc) is 3.25. The average molecular weight is 589 g/mol. The van der Waals surface area contributed by atoms with Crippen LogP contribution in [0.5, 0.6) is 5.75 Å². The molecule has 4 aliphatic rings. The topological polar surface area (TPSA) is 100.0 Å². The molecule has 220 valence electrons. The Labute approximate surface area is 252 Å². The minimum Gasteiger partial charge on any atom is -0.508 e. The molecular weight excluding hydrogens is 551 g/mol. The van der Waals surface area contributed by atoms with Crippen molar-refractivity contribution >= 4 is 42.2 Å². The van der Waals surface area contributed by atoms with Gasteiger partial charge in [-0.25, -0.2) is 0 Å². The van der Waals surface area contributed by atoms with Gasteiger partial charge in [0.05, 0.1) is 28.7 Å². The minimum absolute atomic E-state index is 0.00872. The zero-order chi connectivity index (χ0) is 29.4. The van der Waals surface area contributed by atoms with Gasteiger partial charge in [0, 0.05) is 12.2 Å². The number of phenols is 1. The van der Waals surface area contributed by atoms with Crippen LogP contribution in [0, 0.1) is 17.8 Å². The van der Waals surface area contributed by atoms with Gasteiger partial charge in [-0.3, -0.25) is 19.5 Å². The quantitative estimate of drug-likeness (QED) is 0.224. The summed E-state index contributed by atoms with van der Waals surface area (Å²) < 4.78 is 6.20. The van der Waals surface area contributed by atoms with Crippen molar-refractivity contribution in [3.05, 3.63) is 70.0 Å². The molecule has 2 aliphatic heterocycles. The highest BCUT2D eigenvalue weighted by atomic mass is 35.5. The van der Waals surface area contributed by atoms with Crippen molar-refractivity contribution in [3.8, 4) is 5.75 Å². The van der Waals surface area contributed by atoms with Crippen LogP contribution in [0.4, 0.5) is 0 Å². The second-order valence-corrected chi connectivity index (χ2v) is 12.5. The molecule has 7 nitrogen and oxygen atoms in total. The first-order valence-electron chi connectivity index (χ1n) is 15.4. The van der Waals surface area contributed by atoms with Crippen molar-refractivity contribution in [2.75, 3.05) is 0 Å². The van der Waals surface area contributed by atoms with Gasteiger partial charge in [-0.2, -0.15) is 0 Å². The van der Waals surface area contributed by atoms with Gasteiger partial charge in [0.1, 0.15) is 5.75 Å². The molecule has 0 bridgehead atoms. The third-order valence-corrected chi connectivity index (χ3v) is 10.0. The summed E-state index contributed by atoms with van der Waals surface area (Å²) >= 11 is 6.45. The fourth-order valence-electron chi connectivity index (χ4n) is 7.76. The van der Waals surface area contributed by atoms with Crippen molar-refractivity contribution in [1.29, 1.82) is 0 Å². The number of phenolic OH excluding ortho intramolecular Hbond substituents is 1. The first kappa shape index (κ1) is 29.2. The van der Waals surface area contributed by atoms with Crippen LogP contribution in [0.1, 0.15) is 76.0 Å². The summed E-state index contributed by atoms with van der Waals surface area (Å²) in [5.41, 5.74) is 4.83. The van der Waals surface area contributed by atoms with E-state index in [1.54, 1.807) is 23.2 Å². The van der Waals surface area contributed by atoms with Crippen LogP contribution in [-0.2, 0) is 14.2 Å². The van der Waals surface area contributed by atoms with E-state index in [1.807, 2.05) is 24.3 Å². The highest BCUT2D eigenvalue weighted by Gasteiger charge is 2.58. The van der Waals surface area contributed by atoms with Crippen LogP contribution in [-0.4, -0.2) is 51.1 Å².